The molecule has 1 rings (SSSR count). The molecular weight excluding hydrogens is 278 g/mol. The molecule has 0 radical (unpaired) electrons. The van der Waals surface area contributed by atoms with Gasteiger partial charge in [0, 0.05) is 46.8 Å². The number of hydrogen-bond donors (Lipinski definition) is 1. The summed E-state index contributed by atoms with van der Waals surface area (Å²) in [5.74, 6) is 0.0457. The van der Waals surface area contributed by atoms with E-state index in [2.05, 4.69) is 5.32 Å². The maximum Gasteiger partial charge on any atom is 0.242 e. The van der Waals surface area contributed by atoms with Crippen LogP contribution in [0.1, 0.15) is 6.42 Å². The molecule has 0 saturated heterocycles. The lowest BCUT2D eigenvalue weighted by Gasteiger charge is -2.13. The lowest BCUT2D eigenvalue weighted by molar-refractivity contribution is -0.128. The van der Waals surface area contributed by atoms with Crippen LogP contribution in [0.4, 0.5) is 5.69 Å². The molecule has 0 spiro atoms. The zero-order valence-corrected chi connectivity index (χ0v) is 13.1. The summed E-state index contributed by atoms with van der Waals surface area (Å²) < 4.78 is 24.9. The maximum atomic E-state index is 11.9. The Morgan fingerprint density at radius 3 is 2.10 bits per heavy atom. The summed E-state index contributed by atoms with van der Waals surface area (Å²) in [6.45, 7) is 0.511. The van der Waals surface area contributed by atoms with Crippen molar-refractivity contribution in [1.82, 2.24) is 9.21 Å². The predicted molar refractivity (Wildman–Crippen MR) is 79.1 cm³/mol. The van der Waals surface area contributed by atoms with Crippen molar-refractivity contribution in [1.29, 1.82) is 0 Å². The minimum Gasteiger partial charge on any atom is -0.385 e. The highest BCUT2D eigenvalue weighted by molar-refractivity contribution is 7.89. The fraction of sp³-hybridized carbons (Fsp3) is 0.462. The van der Waals surface area contributed by atoms with Crippen LogP contribution in [0.15, 0.2) is 29.2 Å². The molecule has 1 N–H and O–H groups in total. The summed E-state index contributed by atoms with van der Waals surface area (Å²) in [6, 6.07) is 6.48. The van der Waals surface area contributed by atoms with E-state index in [0.29, 0.717) is 13.0 Å². The fourth-order valence-corrected chi connectivity index (χ4v) is 2.39. The molecule has 0 aromatic heterocycles. The Balaban J connectivity index is 2.62. The zero-order chi connectivity index (χ0) is 15.3. The van der Waals surface area contributed by atoms with Gasteiger partial charge in [-0.3, -0.25) is 4.79 Å². The third-order valence-electron chi connectivity index (χ3n) is 2.80. The highest BCUT2D eigenvalue weighted by Crippen LogP contribution is 2.16. The smallest absolute Gasteiger partial charge is 0.242 e. The Hall–Kier alpha value is -1.60. The van der Waals surface area contributed by atoms with Crippen molar-refractivity contribution >= 4 is 21.6 Å². The van der Waals surface area contributed by atoms with E-state index in [1.807, 2.05) is 0 Å². The first-order chi connectivity index (χ1) is 9.25. The van der Waals surface area contributed by atoms with Crippen molar-refractivity contribution in [2.24, 2.45) is 0 Å². The first-order valence-electron chi connectivity index (χ1n) is 6.22. The second kappa shape index (κ2) is 6.71. The molecule has 6 nitrogen and oxygen atoms in total. The normalized spacial score (nSPS) is 11.4. The van der Waals surface area contributed by atoms with Gasteiger partial charge in [-0.05, 0) is 24.3 Å². The maximum absolute atomic E-state index is 11.9. The molecule has 1 amide bonds. The van der Waals surface area contributed by atoms with Crippen molar-refractivity contribution in [3.05, 3.63) is 24.3 Å². The molecule has 1 aromatic rings. The lowest BCUT2D eigenvalue weighted by atomic mass is 10.3. The highest BCUT2D eigenvalue weighted by atomic mass is 32.2. The van der Waals surface area contributed by atoms with Gasteiger partial charge in [-0.1, -0.05) is 0 Å². The number of nitrogens with zero attached hydrogens (tertiary/aromatic N) is 2. The Morgan fingerprint density at radius 2 is 1.65 bits per heavy atom. The predicted octanol–water partition coefficient (Wildman–Crippen LogP) is 0.827. The molecule has 1 aromatic carbocycles. The molecule has 0 heterocycles. The van der Waals surface area contributed by atoms with E-state index in [9.17, 15) is 13.2 Å². The topological polar surface area (TPSA) is 69.7 Å². The Labute approximate surface area is 120 Å². The monoisotopic (exact) mass is 299 g/mol. The van der Waals surface area contributed by atoms with Gasteiger partial charge >= 0.3 is 0 Å². The van der Waals surface area contributed by atoms with E-state index in [0.717, 1.165) is 5.69 Å². The van der Waals surface area contributed by atoms with Crippen LogP contribution in [-0.2, 0) is 14.8 Å². The number of anilines is 1. The van der Waals surface area contributed by atoms with E-state index < -0.39 is 10.0 Å². The van der Waals surface area contributed by atoms with E-state index in [1.54, 1.807) is 38.4 Å². The second-order valence-electron chi connectivity index (χ2n) is 4.78. The number of sulfonamides is 1. The zero-order valence-electron chi connectivity index (χ0n) is 12.3. The molecule has 0 fully saturated rings. The van der Waals surface area contributed by atoms with Gasteiger partial charge in [0.25, 0.3) is 0 Å². The summed E-state index contributed by atoms with van der Waals surface area (Å²) in [7, 11) is 3.02. The summed E-state index contributed by atoms with van der Waals surface area (Å²) in [4.78, 5) is 13.2. The van der Waals surface area contributed by atoms with E-state index in [4.69, 9.17) is 0 Å². The molecule has 7 heteroatoms. The lowest BCUT2D eigenvalue weighted by Crippen LogP contribution is -2.24. The number of benzene rings is 1. The number of nitrogens with one attached hydrogen (secondary N) is 1. The second-order valence-corrected chi connectivity index (χ2v) is 6.93. The molecule has 0 saturated carbocycles. The summed E-state index contributed by atoms with van der Waals surface area (Å²) in [5, 5.41) is 3.08. The Morgan fingerprint density at radius 1 is 1.10 bits per heavy atom. The molecule has 0 aliphatic rings. The molecular formula is C13H21N3O3S. The number of amides is 1. The van der Waals surface area contributed by atoms with Gasteiger partial charge in [0.2, 0.25) is 15.9 Å². The van der Waals surface area contributed by atoms with Gasteiger partial charge in [0.05, 0.1) is 4.90 Å². The first kappa shape index (κ1) is 16.5. The van der Waals surface area contributed by atoms with Crippen molar-refractivity contribution < 1.29 is 13.2 Å². The van der Waals surface area contributed by atoms with Gasteiger partial charge in [0.15, 0.2) is 0 Å². The van der Waals surface area contributed by atoms with Crippen LogP contribution in [-0.4, -0.2) is 58.3 Å². The van der Waals surface area contributed by atoms with Crippen molar-refractivity contribution in [3.8, 4) is 0 Å². The molecule has 112 valence electrons. The van der Waals surface area contributed by atoms with Crippen molar-refractivity contribution in [2.45, 2.75) is 11.3 Å². The van der Waals surface area contributed by atoms with Gasteiger partial charge in [-0.25, -0.2) is 12.7 Å². The number of rotatable bonds is 6. The minimum absolute atomic E-state index is 0.0457. The van der Waals surface area contributed by atoms with E-state index in [-0.39, 0.29) is 10.8 Å². The molecule has 0 aliphatic heterocycles. The van der Waals surface area contributed by atoms with E-state index >= 15 is 0 Å². The summed E-state index contributed by atoms with van der Waals surface area (Å²) >= 11 is 0. The van der Waals surface area contributed by atoms with Crippen molar-refractivity contribution in [2.75, 3.05) is 40.1 Å². The molecule has 0 unspecified atom stereocenters. The average molecular weight is 299 g/mol. The SMILES string of the molecule is CN(C)C(=O)CCNc1ccc(S(=O)(=O)N(C)C)cc1. The number of carbonyl (C=O) groups is 1. The van der Waals surface area contributed by atoms with Crippen LogP contribution in [0.3, 0.4) is 0 Å². The molecule has 0 atom stereocenters. The minimum atomic E-state index is -3.39. The van der Waals surface area contributed by atoms with Crippen LogP contribution in [0.5, 0.6) is 0 Å². The van der Waals surface area contributed by atoms with Crippen LogP contribution < -0.4 is 5.32 Å². The Bertz CT molecular complexity index is 551. The van der Waals surface area contributed by atoms with Crippen LogP contribution >= 0.6 is 0 Å². The largest absolute Gasteiger partial charge is 0.385 e. The van der Waals surface area contributed by atoms with Crippen LogP contribution in [0.25, 0.3) is 0 Å². The van der Waals surface area contributed by atoms with Crippen LogP contribution in [0.2, 0.25) is 0 Å². The highest BCUT2D eigenvalue weighted by Gasteiger charge is 2.16. The summed E-state index contributed by atoms with van der Waals surface area (Å²) in [5.41, 5.74) is 0.786. The standard InChI is InChI=1S/C13H21N3O3S/c1-15(2)13(17)9-10-14-11-5-7-12(8-6-11)20(18,19)16(3)4/h5-8,14H,9-10H2,1-4H3. The van der Waals surface area contributed by atoms with Gasteiger partial charge in [0.1, 0.15) is 0 Å². The average Bonchev–Trinajstić information content (AvgIpc) is 2.38. The third kappa shape index (κ3) is 4.21. The Kier molecular flexibility index (Phi) is 5.52. The van der Waals surface area contributed by atoms with Crippen LogP contribution in [0, 0.1) is 0 Å². The number of carbonyl (C=O) groups excluding carboxylic acids is 1. The molecule has 20 heavy (non-hydrogen) atoms. The third-order valence-corrected chi connectivity index (χ3v) is 4.63. The number of hydrogen-bond acceptors (Lipinski definition) is 4. The molecule has 0 bridgehead atoms. The van der Waals surface area contributed by atoms with Gasteiger partial charge < -0.3 is 10.2 Å². The van der Waals surface area contributed by atoms with E-state index in [1.165, 1.54) is 23.3 Å². The first-order valence-corrected chi connectivity index (χ1v) is 7.66. The van der Waals surface area contributed by atoms with Gasteiger partial charge in [-0.15, -0.1) is 0 Å². The fourth-order valence-electron chi connectivity index (χ4n) is 1.49. The van der Waals surface area contributed by atoms with Crippen molar-refractivity contribution in [3.63, 3.8) is 0 Å². The quantitative estimate of drug-likeness (QED) is 0.844. The van der Waals surface area contributed by atoms with Gasteiger partial charge in [-0.2, -0.15) is 0 Å². The molecule has 0 aliphatic carbocycles. The summed E-state index contributed by atoms with van der Waals surface area (Å²) in [6.07, 6.45) is 0.394.